The molecule has 2 aliphatic heterocycles. The average Bonchev–Trinajstić information content (AvgIpc) is 2.76. The zero-order valence-electron chi connectivity index (χ0n) is 24.1. The maximum Gasteiger partial charge on any atom is 0.524 e. The second kappa shape index (κ2) is 11.5. The Bertz CT molecular complexity index is 1300. The van der Waals surface area contributed by atoms with Gasteiger partial charge in [0.25, 0.3) is 0 Å². The Morgan fingerprint density at radius 1 is 1.15 bits per heavy atom. The third kappa shape index (κ3) is 7.52. The fourth-order valence-electron chi connectivity index (χ4n) is 4.79. The van der Waals surface area contributed by atoms with E-state index in [1.165, 1.54) is 5.57 Å². The predicted molar refractivity (Wildman–Crippen MR) is 152 cm³/mol. The van der Waals surface area contributed by atoms with E-state index >= 15 is 0 Å². The first-order valence-electron chi connectivity index (χ1n) is 13.2. The van der Waals surface area contributed by atoms with Crippen molar-refractivity contribution in [2.75, 3.05) is 0 Å². The van der Waals surface area contributed by atoms with Gasteiger partial charge in [0.2, 0.25) is 0 Å². The minimum Gasteiger partial charge on any atom is -0.484 e. The lowest BCUT2D eigenvalue weighted by Gasteiger charge is -2.38. The van der Waals surface area contributed by atoms with Crippen LogP contribution in [0.3, 0.4) is 0 Å². The van der Waals surface area contributed by atoms with Crippen molar-refractivity contribution < 1.29 is 38.3 Å². The van der Waals surface area contributed by atoms with E-state index < -0.39 is 30.9 Å². The van der Waals surface area contributed by atoms with Gasteiger partial charge in [0.05, 0.1) is 11.2 Å². The van der Waals surface area contributed by atoms with Crippen molar-refractivity contribution in [2.45, 2.75) is 98.4 Å². The number of hydrogen-bond acceptors (Lipinski definition) is 6. The topological polar surface area (TPSA) is 123 Å². The molecule has 0 aromatic heterocycles. The first-order valence-corrected chi connectivity index (χ1v) is 14.7. The number of ketones is 1. The van der Waals surface area contributed by atoms with E-state index in [9.17, 15) is 24.3 Å². The van der Waals surface area contributed by atoms with Gasteiger partial charge in [0.15, 0.2) is 11.5 Å². The monoisotopic (exact) mass is 560 g/mol. The van der Waals surface area contributed by atoms with Crippen LogP contribution in [0.15, 0.2) is 41.0 Å². The molecule has 214 valence electrons. The van der Waals surface area contributed by atoms with Gasteiger partial charge in [-0.1, -0.05) is 29.4 Å². The lowest BCUT2D eigenvalue weighted by Crippen LogP contribution is -2.38. The number of fused-ring (bicyclic) bond motifs is 2. The molecule has 0 aliphatic carbocycles. The van der Waals surface area contributed by atoms with Crippen molar-refractivity contribution in [3.05, 3.63) is 57.7 Å². The average molecular weight is 561 g/mol. The fourth-order valence-corrected chi connectivity index (χ4v) is 5.22. The molecule has 0 spiro atoms. The number of aliphatic hydroxyl groups is 1. The van der Waals surface area contributed by atoms with Crippen molar-refractivity contribution in [1.29, 1.82) is 0 Å². The number of phosphoric ester groups is 1. The number of Topliss-reactive ketones (excluding diaryl/α,β-unsaturated/α-hetero) is 1. The lowest BCUT2D eigenvalue weighted by atomic mass is 9.84. The number of carbonyl (C=O) groups is 1. The van der Waals surface area contributed by atoms with Crippen LogP contribution in [0.1, 0.15) is 96.1 Å². The molecule has 2 aliphatic rings. The van der Waals surface area contributed by atoms with Crippen molar-refractivity contribution in [1.82, 2.24) is 0 Å². The summed E-state index contributed by atoms with van der Waals surface area (Å²) in [4.78, 5) is 33.5. The number of benzene rings is 1. The molecular formula is C30H41O8P. The Labute approximate surface area is 231 Å². The van der Waals surface area contributed by atoms with Crippen LogP contribution >= 0.6 is 7.82 Å². The zero-order valence-corrected chi connectivity index (χ0v) is 25.0. The van der Waals surface area contributed by atoms with E-state index in [4.69, 9.17) is 14.0 Å². The number of hydrogen-bond donors (Lipinski definition) is 3. The Morgan fingerprint density at radius 3 is 2.33 bits per heavy atom. The van der Waals surface area contributed by atoms with Gasteiger partial charge in [-0.3, -0.25) is 14.6 Å². The molecule has 0 saturated carbocycles. The Kier molecular flexibility index (Phi) is 9.08. The van der Waals surface area contributed by atoms with Crippen molar-refractivity contribution in [3.63, 3.8) is 0 Å². The first kappa shape index (κ1) is 30.9. The van der Waals surface area contributed by atoms with Gasteiger partial charge >= 0.3 is 7.82 Å². The zero-order chi connectivity index (χ0) is 29.3. The molecule has 2 atom stereocenters. The van der Waals surface area contributed by atoms with Gasteiger partial charge in [-0.25, -0.2) is 4.57 Å². The van der Waals surface area contributed by atoms with Gasteiger partial charge < -0.3 is 19.1 Å². The highest BCUT2D eigenvalue weighted by Gasteiger charge is 2.43. The maximum atomic E-state index is 13.9. The van der Waals surface area contributed by atoms with E-state index in [1.807, 2.05) is 46.8 Å². The molecule has 0 saturated heterocycles. The lowest BCUT2D eigenvalue weighted by molar-refractivity contribution is 0.0332. The smallest absolute Gasteiger partial charge is 0.484 e. The third-order valence-corrected chi connectivity index (χ3v) is 7.06. The number of phosphoric acid groups is 1. The second-order valence-corrected chi connectivity index (χ2v) is 12.8. The summed E-state index contributed by atoms with van der Waals surface area (Å²) in [5, 5.41) is 10.6. The summed E-state index contributed by atoms with van der Waals surface area (Å²) in [7, 11) is -5.07. The standard InChI is InChI=1S/C30H41O8P/c1-9-20-23(17-29(6,7)32)36-27-21(13-12-19(4)5)26-22(28(24(27)25(20)31)38-39(33,34)35)14-16-30(8,37-26)15-10-11-18(2)3/h9,11-12,14,16,23,32H,10,13,15,17H2,1-8H3,(H2,33,34,35)/b20-9+. The van der Waals surface area contributed by atoms with E-state index in [1.54, 1.807) is 32.9 Å². The van der Waals surface area contributed by atoms with Crippen LogP contribution in [0.2, 0.25) is 0 Å². The van der Waals surface area contributed by atoms with E-state index in [2.05, 4.69) is 6.08 Å². The third-order valence-electron chi connectivity index (χ3n) is 6.64. The van der Waals surface area contributed by atoms with Gasteiger partial charge in [0, 0.05) is 17.6 Å². The molecule has 9 heteroatoms. The van der Waals surface area contributed by atoms with E-state index in [-0.39, 0.29) is 34.6 Å². The highest BCUT2D eigenvalue weighted by molar-refractivity contribution is 7.46. The molecule has 3 rings (SSSR count). The van der Waals surface area contributed by atoms with Crippen LogP contribution in [0.5, 0.6) is 17.2 Å². The van der Waals surface area contributed by atoms with Gasteiger partial charge in [-0.2, -0.15) is 0 Å². The Balaban J connectivity index is 2.33. The van der Waals surface area contributed by atoms with Crippen LogP contribution in [0, 0.1) is 0 Å². The summed E-state index contributed by atoms with van der Waals surface area (Å²) < 4.78 is 30.3. The number of carbonyl (C=O) groups excluding carboxylic acids is 1. The maximum absolute atomic E-state index is 13.9. The summed E-state index contributed by atoms with van der Waals surface area (Å²) >= 11 is 0. The number of ether oxygens (including phenoxy) is 2. The molecule has 0 radical (unpaired) electrons. The molecular weight excluding hydrogens is 519 g/mol. The minimum absolute atomic E-state index is 0.0595. The van der Waals surface area contributed by atoms with Gasteiger partial charge in [-0.15, -0.1) is 0 Å². The van der Waals surface area contributed by atoms with Crippen LogP contribution in [0.4, 0.5) is 0 Å². The molecule has 2 unspecified atom stereocenters. The van der Waals surface area contributed by atoms with E-state index in [0.29, 0.717) is 24.2 Å². The minimum atomic E-state index is -5.07. The fraction of sp³-hybridized carbons (Fsp3) is 0.500. The summed E-state index contributed by atoms with van der Waals surface area (Å²) in [6, 6.07) is 0. The summed E-state index contributed by atoms with van der Waals surface area (Å²) in [5.74, 6) is -0.233. The van der Waals surface area contributed by atoms with Crippen LogP contribution in [-0.2, 0) is 11.0 Å². The molecule has 0 fully saturated rings. The number of rotatable bonds is 9. The van der Waals surface area contributed by atoms with Crippen molar-refractivity contribution in [3.8, 4) is 17.2 Å². The molecule has 0 amide bonds. The quantitative estimate of drug-likeness (QED) is 0.175. The molecule has 1 aromatic carbocycles. The number of allylic oxidation sites excluding steroid dienone is 5. The SMILES string of the molecule is C/C=C1/C(=O)c2c(OP(=O)(O)O)c3c(c(CC=C(C)C)c2OC1CC(C)(C)O)OC(C)(CCC=C(C)C)C=C3. The van der Waals surface area contributed by atoms with Crippen molar-refractivity contribution >= 4 is 19.7 Å². The van der Waals surface area contributed by atoms with Crippen LogP contribution < -0.4 is 14.0 Å². The Morgan fingerprint density at radius 2 is 1.79 bits per heavy atom. The first-order chi connectivity index (χ1) is 17.9. The summed E-state index contributed by atoms with van der Waals surface area (Å²) in [6.45, 7) is 14.9. The molecule has 1 aromatic rings. The normalized spacial score (nSPS) is 21.5. The highest BCUT2D eigenvalue weighted by Crippen LogP contribution is 2.55. The molecule has 8 nitrogen and oxygen atoms in total. The summed E-state index contributed by atoms with van der Waals surface area (Å²) in [6.07, 6.45) is 10.4. The largest absolute Gasteiger partial charge is 0.524 e. The van der Waals surface area contributed by atoms with Gasteiger partial charge in [-0.05, 0) is 86.8 Å². The Hall–Kier alpha value is -2.64. The molecule has 2 heterocycles. The highest BCUT2D eigenvalue weighted by atomic mass is 31.2. The van der Waals surface area contributed by atoms with Crippen LogP contribution in [-0.4, -0.2) is 38.0 Å². The van der Waals surface area contributed by atoms with E-state index in [0.717, 1.165) is 12.0 Å². The summed E-state index contributed by atoms with van der Waals surface area (Å²) in [5.41, 5.74) is 1.46. The molecule has 39 heavy (non-hydrogen) atoms. The van der Waals surface area contributed by atoms with Gasteiger partial charge in [0.1, 0.15) is 28.8 Å². The molecule has 0 bridgehead atoms. The molecule has 3 N–H and O–H groups in total. The van der Waals surface area contributed by atoms with Crippen molar-refractivity contribution in [2.24, 2.45) is 0 Å². The second-order valence-electron chi connectivity index (χ2n) is 11.6. The predicted octanol–water partition coefficient (Wildman–Crippen LogP) is 6.63. The van der Waals surface area contributed by atoms with Crippen LogP contribution in [0.25, 0.3) is 6.08 Å².